The average Bonchev–Trinajstić information content (AvgIpc) is 2.66. The molecule has 5 nitrogen and oxygen atoms in total. The number of aliphatic imine (C=N–C) groups is 1. The molecule has 0 unspecified atom stereocenters. The van der Waals surface area contributed by atoms with Gasteiger partial charge >= 0.3 is 0 Å². The third kappa shape index (κ3) is 4.75. The Kier molecular flexibility index (Phi) is 6.16. The van der Waals surface area contributed by atoms with Crippen molar-refractivity contribution in [1.82, 2.24) is 9.97 Å². The topological polar surface area (TPSA) is 76.2 Å². The Morgan fingerprint density at radius 2 is 2.21 bits per heavy atom. The quantitative estimate of drug-likeness (QED) is 0.481. The summed E-state index contributed by atoms with van der Waals surface area (Å²) in [5.74, 6) is 1.05. The van der Waals surface area contributed by atoms with Crippen LogP contribution in [-0.4, -0.2) is 15.9 Å². The molecule has 3 N–H and O–H groups in total. The Morgan fingerprint density at radius 1 is 1.42 bits per heavy atom. The van der Waals surface area contributed by atoms with Crippen LogP contribution in [0.5, 0.6) is 0 Å². The number of aryl methyl sites for hydroxylation is 2. The molecular formula is C12H16IN5S. The average molecular weight is 389 g/mol. The van der Waals surface area contributed by atoms with Gasteiger partial charge in [-0.25, -0.2) is 15.0 Å². The second-order valence-electron chi connectivity index (χ2n) is 3.78. The van der Waals surface area contributed by atoms with Crippen LogP contribution in [-0.2, 0) is 6.54 Å². The van der Waals surface area contributed by atoms with E-state index in [1.807, 2.05) is 32.0 Å². The molecule has 0 saturated carbocycles. The standard InChI is InChI=1S/C12H15N5S.HI/c1-8-10(18-9(2)16-8)7-15-12(13)17-11-5-3-4-6-14-11;/h3-6H,7H2,1-2H3,(H3,13,14,15,17);1H. The molecule has 102 valence electrons. The van der Waals surface area contributed by atoms with Gasteiger partial charge in [0.2, 0.25) is 0 Å². The lowest BCUT2D eigenvalue weighted by Gasteiger charge is -2.03. The molecule has 0 saturated heterocycles. The second kappa shape index (κ2) is 7.39. The first-order valence-electron chi connectivity index (χ1n) is 5.56. The van der Waals surface area contributed by atoms with E-state index in [1.54, 1.807) is 17.5 Å². The third-order valence-electron chi connectivity index (χ3n) is 2.31. The predicted octanol–water partition coefficient (Wildman–Crippen LogP) is 2.70. The Bertz CT molecular complexity index is 553. The van der Waals surface area contributed by atoms with Crippen molar-refractivity contribution in [2.24, 2.45) is 10.7 Å². The van der Waals surface area contributed by atoms with Gasteiger partial charge in [-0.3, -0.25) is 0 Å². The molecule has 0 aliphatic carbocycles. The van der Waals surface area contributed by atoms with Gasteiger partial charge in [0, 0.05) is 11.1 Å². The van der Waals surface area contributed by atoms with Gasteiger partial charge in [-0.2, -0.15) is 0 Å². The summed E-state index contributed by atoms with van der Waals surface area (Å²) >= 11 is 1.65. The first-order valence-corrected chi connectivity index (χ1v) is 6.37. The molecule has 2 rings (SSSR count). The fourth-order valence-corrected chi connectivity index (χ4v) is 2.35. The molecule has 0 radical (unpaired) electrons. The normalized spacial score (nSPS) is 10.9. The van der Waals surface area contributed by atoms with Gasteiger partial charge in [0.15, 0.2) is 5.96 Å². The van der Waals surface area contributed by atoms with Gasteiger partial charge in [0.25, 0.3) is 0 Å². The van der Waals surface area contributed by atoms with Crippen LogP contribution in [0.2, 0.25) is 0 Å². The SMILES string of the molecule is Cc1nc(C)c(CN=C(N)Nc2ccccn2)s1.I. The van der Waals surface area contributed by atoms with E-state index >= 15 is 0 Å². The Morgan fingerprint density at radius 3 is 2.79 bits per heavy atom. The van der Waals surface area contributed by atoms with Gasteiger partial charge in [-0.1, -0.05) is 6.07 Å². The molecule has 19 heavy (non-hydrogen) atoms. The monoisotopic (exact) mass is 389 g/mol. The highest BCUT2D eigenvalue weighted by Crippen LogP contribution is 2.17. The van der Waals surface area contributed by atoms with Gasteiger partial charge in [0.05, 0.1) is 17.2 Å². The van der Waals surface area contributed by atoms with Crippen molar-refractivity contribution < 1.29 is 0 Å². The summed E-state index contributed by atoms with van der Waals surface area (Å²) in [4.78, 5) is 13.9. The van der Waals surface area contributed by atoms with E-state index in [0.29, 0.717) is 18.3 Å². The Hall–Kier alpha value is -1.22. The van der Waals surface area contributed by atoms with E-state index in [1.165, 1.54) is 0 Å². The highest BCUT2D eigenvalue weighted by Gasteiger charge is 2.03. The Labute approximate surface area is 133 Å². The third-order valence-corrected chi connectivity index (χ3v) is 3.37. The van der Waals surface area contributed by atoms with E-state index < -0.39 is 0 Å². The van der Waals surface area contributed by atoms with E-state index in [2.05, 4.69) is 20.3 Å². The number of hydrogen-bond donors (Lipinski definition) is 2. The van der Waals surface area contributed by atoms with Crippen LogP contribution in [0.3, 0.4) is 0 Å². The minimum Gasteiger partial charge on any atom is -0.370 e. The first kappa shape index (κ1) is 15.8. The second-order valence-corrected chi connectivity index (χ2v) is 5.07. The maximum atomic E-state index is 5.79. The van der Waals surface area contributed by atoms with Crippen molar-refractivity contribution in [3.63, 3.8) is 0 Å². The summed E-state index contributed by atoms with van der Waals surface area (Å²) in [6, 6.07) is 5.58. The zero-order valence-electron chi connectivity index (χ0n) is 10.8. The molecule has 0 aliphatic rings. The van der Waals surface area contributed by atoms with E-state index in [4.69, 9.17) is 5.73 Å². The molecule has 2 heterocycles. The number of nitrogens with two attached hydrogens (primary N) is 1. The molecular weight excluding hydrogens is 373 g/mol. The molecule has 2 aromatic heterocycles. The molecule has 0 spiro atoms. The van der Waals surface area contributed by atoms with Crippen LogP contribution in [0.1, 0.15) is 15.6 Å². The van der Waals surface area contributed by atoms with E-state index in [-0.39, 0.29) is 24.0 Å². The van der Waals surface area contributed by atoms with Crippen LogP contribution in [0, 0.1) is 13.8 Å². The highest BCUT2D eigenvalue weighted by atomic mass is 127. The largest absolute Gasteiger partial charge is 0.370 e. The van der Waals surface area contributed by atoms with Crippen molar-refractivity contribution in [1.29, 1.82) is 0 Å². The number of nitrogens with zero attached hydrogens (tertiary/aromatic N) is 3. The van der Waals surface area contributed by atoms with Gasteiger partial charge in [0.1, 0.15) is 5.82 Å². The molecule has 0 bridgehead atoms. The number of anilines is 1. The maximum Gasteiger partial charge on any atom is 0.194 e. The number of pyridine rings is 1. The number of halogens is 1. The smallest absolute Gasteiger partial charge is 0.194 e. The lowest BCUT2D eigenvalue weighted by molar-refractivity contribution is 1.05. The summed E-state index contributed by atoms with van der Waals surface area (Å²) in [5.41, 5.74) is 6.81. The summed E-state index contributed by atoms with van der Waals surface area (Å²) in [5, 5.41) is 3.99. The number of hydrogen-bond acceptors (Lipinski definition) is 4. The van der Waals surface area contributed by atoms with Gasteiger partial charge < -0.3 is 11.1 Å². The summed E-state index contributed by atoms with van der Waals surface area (Å²) < 4.78 is 0. The van der Waals surface area contributed by atoms with Crippen molar-refractivity contribution >= 4 is 47.1 Å². The number of thiazole rings is 1. The zero-order chi connectivity index (χ0) is 13.0. The van der Waals surface area contributed by atoms with Crippen molar-refractivity contribution in [2.45, 2.75) is 20.4 Å². The molecule has 0 aliphatic heterocycles. The van der Waals surface area contributed by atoms with Crippen LogP contribution < -0.4 is 11.1 Å². The summed E-state index contributed by atoms with van der Waals surface area (Å²) in [6.07, 6.45) is 1.70. The molecule has 7 heteroatoms. The van der Waals surface area contributed by atoms with Gasteiger partial charge in [-0.05, 0) is 26.0 Å². The van der Waals surface area contributed by atoms with E-state index in [9.17, 15) is 0 Å². The molecule has 0 fully saturated rings. The minimum absolute atomic E-state index is 0. The van der Waals surface area contributed by atoms with Crippen LogP contribution in [0.4, 0.5) is 5.82 Å². The van der Waals surface area contributed by atoms with Crippen LogP contribution in [0.15, 0.2) is 29.4 Å². The maximum absolute atomic E-state index is 5.79. The molecule has 0 atom stereocenters. The first-order chi connectivity index (χ1) is 8.65. The van der Waals surface area contributed by atoms with Crippen molar-refractivity contribution in [3.05, 3.63) is 40.0 Å². The molecule has 0 aromatic carbocycles. The number of guanidine groups is 1. The Balaban J connectivity index is 0.00000180. The summed E-state index contributed by atoms with van der Waals surface area (Å²) in [6.45, 7) is 4.51. The molecule has 2 aromatic rings. The highest BCUT2D eigenvalue weighted by molar-refractivity contribution is 14.0. The summed E-state index contributed by atoms with van der Waals surface area (Å²) in [7, 11) is 0. The van der Waals surface area contributed by atoms with Crippen molar-refractivity contribution in [2.75, 3.05) is 5.32 Å². The number of nitrogens with one attached hydrogen (secondary N) is 1. The predicted molar refractivity (Wildman–Crippen MR) is 90.2 cm³/mol. The number of rotatable bonds is 3. The number of aromatic nitrogens is 2. The lowest BCUT2D eigenvalue weighted by Crippen LogP contribution is -2.23. The lowest BCUT2D eigenvalue weighted by atomic mass is 10.4. The van der Waals surface area contributed by atoms with Gasteiger partial charge in [-0.15, -0.1) is 35.3 Å². The molecule has 0 amide bonds. The van der Waals surface area contributed by atoms with E-state index in [0.717, 1.165) is 15.6 Å². The van der Waals surface area contributed by atoms with Crippen LogP contribution >= 0.6 is 35.3 Å². The van der Waals surface area contributed by atoms with Crippen molar-refractivity contribution in [3.8, 4) is 0 Å². The zero-order valence-corrected chi connectivity index (χ0v) is 13.9. The van der Waals surface area contributed by atoms with Crippen LogP contribution in [0.25, 0.3) is 0 Å². The fraction of sp³-hybridized carbons (Fsp3) is 0.250. The fourth-order valence-electron chi connectivity index (χ4n) is 1.48. The minimum atomic E-state index is 0.